The van der Waals surface area contributed by atoms with Crippen LogP contribution in [-0.2, 0) is 6.18 Å². The smallest absolute Gasteiger partial charge is 0.431 e. The normalized spacial score (nSPS) is 14.6. The van der Waals surface area contributed by atoms with Gasteiger partial charge < -0.3 is 10.2 Å². The Hall–Kier alpha value is -2.15. The van der Waals surface area contributed by atoms with Gasteiger partial charge in [0.05, 0.1) is 0 Å². The first-order valence-corrected chi connectivity index (χ1v) is 21.3. The molecule has 0 atom stereocenters. The lowest BCUT2D eigenvalue weighted by Gasteiger charge is -2.31. The van der Waals surface area contributed by atoms with E-state index in [1.54, 1.807) is 6.20 Å². The average molecular weight is 657 g/mol. The summed E-state index contributed by atoms with van der Waals surface area (Å²) in [5.74, 6) is 0. The fourth-order valence-electron chi connectivity index (χ4n) is 7.15. The van der Waals surface area contributed by atoms with Crippen LogP contribution in [0.2, 0.25) is 12.1 Å². The summed E-state index contributed by atoms with van der Waals surface area (Å²) in [6, 6.07) is 7.65. The topological polar surface area (TPSA) is 39.9 Å². The van der Waals surface area contributed by atoms with Crippen LogP contribution in [0, 0.1) is 0 Å². The highest BCUT2D eigenvalue weighted by Gasteiger charge is 2.39. The lowest BCUT2D eigenvalue weighted by atomic mass is 10.0. The van der Waals surface area contributed by atoms with Crippen molar-refractivity contribution in [3.8, 4) is 11.4 Å². The number of hydrogen-bond donors (Lipinski definition) is 0. The maximum atomic E-state index is 13.3. The SMILES string of the molecule is CCCCCCCCCC[Si]1(CCCCCCCCCC)C=CC(CCCCCC)=C1c1ccnc(-c2cc(C(F)(F)F)n[n-]2)c1. The fraction of sp³-hybridized carbons (Fsp3) is 0.692. The van der Waals surface area contributed by atoms with Crippen LogP contribution < -0.4 is 5.10 Å². The van der Waals surface area contributed by atoms with E-state index in [1.807, 2.05) is 6.07 Å². The minimum absolute atomic E-state index is 0.198. The van der Waals surface area contributed by atoms with Crippen molar-refractivity contribution < 1.29 is 13.2 Å². The monoisotopic (exact) mass is 656 g/mol. The molecule has 46 heavy (non-hydrogen) atoms. The first-order valence-electron chi connectivity index (χ1n) is 18.8. The van der Waals surface area contributed by atoms with Gasteiger partial charge in [0, 0.05) is 11.9 Å². The number of hydrogen-bond acceptors (Lipinski definition) is 2. The molecule has 2 aromatic rings. The molecule has 1 aliphatic rings. The summed E-state index contributed by atoms with van der Waals surface area (Å²) in [7, 11) is -1.99. The molecular weight excluding hydrogens is 596 g/mol. The molecule has 0 radical (unpaired) electrons. The van der Waals surface area contributed by atoms with Gasteiger partial charge in [0.15, 0.2) is 0 Å². The zero-order valence-electron chi connectivity index (χ0n) is 29.2. The number of pyridine rings is 1. The van der Waals surface area contributed by atoms with Gasteiger partial charge in [-0.3, -0.25) is 4.98 Å². The minimum Gasteiger partial charge on any atom is -0.573 e. The molecule has 3 nitrogen and oxygen atoms in total. The van der Waals surface area contributed by atoms with Crippen LogP contribution in [0.25, 0.3) is 16.6 Å². The zero-order valence-corrected chi connectivity index (χ0v) is 30.2. The van der Waals surface area contributed by atoms with E-state index >= 15 is 0 Å². The van der Waals surface area contributed by atoms with E-state index < -0.39 is 19.9 Å². The van der Waals surface area contributed by atoms with E-state index in [0.29, 0.717) is 5.69 Å². The van der Waals surface area contributed by atoms with Crippen LogP contribution in [0.1, 0.15) is 167 Å². The van der Waals surface area contributed by atoms with E-state index in [-0.39, 0.29) is 5.69 Å². The second-order valence-electron chi connectivity index (χ2n) is 13.7. The molecule has 0 aliphatic carbocycles. The van der Waals surface area contributed by atoms with Gasteiger partial charge in [-0.15, -0.1) is 0 Å². The minimum atomic E-state index is -4.51. The van der Waals surface area contributed by atoms with Crippen molar-refractivity contribution in [1.29, 1.82) is 0 Å². The number of nitrogens with zero attached hydrogens (tertiary/aromatic N) is 3. The van der Waals surface area contributed by atoms with Gasteiger partial charge in [0.25, 0.3) is 0 Å². The Morgan fingerprint density at radius 2 is 1.20 bits per heavy atom. The van der Waals surface area contributed by atoms with Crippen LogP contribution >= 0.6 is 0 Å². The Morgan fingerprint density at radius 1 is 0.674 bits per heavy atom. The van der Waals surface area contributed by atoms with Crippen LogP contribution in [0.4, 0.5) is 13.2 Å². The van der Waals surface area contributed by atoms with Gasteiger partial charge in [-0.1, -0.05) is 160 Å². The number of allylic oxidation sites excluding steroid dienone is 2. The zero-order chi connectivity index (χ0) is 33.1. The molecular formula is C39H61F3N3Si-. The highest BCUT2D eigenvalue weighted by atomic mass is 28.3. The van der Waals surface area contributed by atoms with Gasteiger partial charge in [-0.25, -0.2) is 0 Å². The van der Waals surface area contributed by atoms with E-state index in [9.17, 15) is 13.2 Å². The number of alkyl halides is 3. The number of aromatic nitrogens is 3. The molecule has 0 amide bonds. The summed E-state index contributed by atoms with van der Waals surface area (Å²) in [5, 5.41) is 8.83. The van der Waals surface area contributed by atoms with E-state index in [4.69, 9.17) is 0 Å². The number of rotatable bonds is 25. The van der Waals surface area contributed by atoms with Crippen molar-refractivity contribution in [3.63, 3.8) is 0 Å². The van der Waals surface area contributed by atoms with Crippen molar-refractivity contribution in [2.24, 2.45) is 0 Å². The molecule has 0 aromatic carbocycles. The molecule has 258 valence electrons. The largest absolute Gasteiger partial charge is 0.573 e. The maximum Gasteiger partial charge on any atom is 0.431 e. The Morgan fingerprint density at radius 3 is 1.72 bits per heavy atom. The van der Waals surface area contributed by atoms with E-state index in [2.05, 4.69) is 53.8 Å². The molecule has 0 spiro atoms. The van der Waals surface area contributed by atoms with Crippen molar-refractivity contribution in [1.82, 2.24) is 15.2 Å². The highest BCUT2D eigenvalue weighted by molar-refractivity contribution is 7.01. The third-order valence-electron chi connectivity index (χ3n) is 9.82. The first-order chi connectivity index (χ1) is 22.3. The average Bonchev–Trinajstić information content (AvgIpc) is 3.69. The maximum absolute atomic E-state index is 13.3. The molecule has 0 N–H and O–H groups in total. The first kappa shape index (κ1) is 38.3. The molecule has 0 saturated heterocycles. The van der Waals surface area contributed by atoms with Crippen LogP contribution in [0.5, 0.6) is 0 Å². The third kappa shape index (κ3) is 12.5. The lowest BCUT2D eigenvalue weighted by molar-refractivity contribution is -0.141. The Bertz CT molecular complexity index is 1160. The molecule has 7 heteroatoms. The lowest BCUT2D eigenvalue weighted by Crippen LogP contribution is -2.33. The molecule has 1 aliphatic heterocycles. The standard InChI is InChI=1S/C39H61F3N3Si/c1-4-7-10-13-15-17-19-22-28-46(29-23-20-18-16-14-11-8-5-2)30-26-33(24-21-12-9-6-3)38(46)34-25-27-43-35(31-34)36-32-37(45-44-36)39(40,41)42/h25-27,30-32H,4-24,28-29H2,1-3H3/q-1. The van der Waals surface area contributed by atoms with Crippen molar-refractivity contribution in [3.05, 3.63) is 53.0 Å². The second kappa shape index (κ2) is 20.9. The van der Waals surface area contributed by atoms with E-state index in [0.717, 1.165) is 18.1 Å². The predicted molar refractivity (Wildman–Crippen MR) is 191 cm³/mol. The van der Waals surface area contributed by atoms with Gasteiger partial charge in [0.1, 0.15) is 13.8 Å². The molecule has 0 saturated carbocycles. The summed E-state index contributed by atoms with van der Waals surface area (Å²) >= 11 is 0. The second-order valence-corrected chi connectivity index (χ2v) is 17.8. The number of halogens is 3. The molecule has 2 aromatic heterocycles. The molecule has 0 unspecified atom stereocenters. The van der Waals surface area contributed by atoms with Crippen LogP contribution in [0.3, 0.4) is 0 Å². The van der Waals surface area contributed by atoms with Crippen molar-refractivity contribution in [2.45, 2.75) is 174 Å². The quantitative estimate of drug-likeness (QED) is 0.0788. The molecule has 3 heterocycles. The third-order valence-corrected chi connectivity index (χ3v) is 14.7. The molecule has 0 bridgehead atoms. The van der Waals surface area contributed by atoms with Gasteiger partial charge in [0.2, 0.25) is 0 Å². The number of unbranched alkanes of at least 4 members (excludes halogenated alkanes) is 17. The van der Waals surface area contributed by atoms with Crippen LogP contribution in [-0.4, -0.2) is 18.2 Å². The summed E-state index contributed by atoms with van der Waals surface area (Å²) in [6.07, 6.45) is 26.7. The Kier molecular flexibility index (Phi) is 17.4. The summed E-state index contributed by atoms with van der Waals surface area (Å²) in [4.78, 5) is 4.47. The van der Waals surface area contributed by atoms with Crippen molar-refractivity contribution in [2.75, 3.05) is 0 Å². The summed E-state index contributed by atoms with van der Waals surface area (Å²) in [5.41, 5.74) is 4.97. The highest BCUT2D eigenvalue weighted by Crippen LogP contribution is 2.45. The summed E-state index contributed by atoms with van der Waals surface area (Å²) in [6.45, 7) is 6.79. The Balaban J connectivity index is 1.85. The van der Waals surface area contributed by atoms with Gasteiger partial charge >= 0.3 is 6.18 Å². The fourth-order valence-corrected chi connectivity index (χ4v) is 12.3. The molecule has 0 fully saturated rings. The predicted octanol–water partition coefficient (Wildman–Crippen LogP) is 13.2. The summed E-state index contributed by atoms with van der Waals surface area (Å²) < 4.78 is 40.0. The van der Waals surface area contributed by atoms with Gasteiger partial charge in [-0.05, 0) is 59.5 Å². The van der Waals surface area contributed by atoms with Gasteiger partial charge in [-0.2, -0.15) is 13.2 Å². The van der Waals surface area contributed by atoms with Crippen LogP contribution in [0.15, 0.2) is 41.7 Å². The van der Waals surface area contributed by atoms with Crippen molar-refractivity contribution >= 4 is 13.3 Å². The Labute approximate surface area is 279 Å². The van der Waals surface area contributed by atoms with E-state index in [1.165, 1.54) is 151 Å². The molecule has 3 rings (SSSR count).